The largest absolute Gasteiger partial charge is 0.497 e. The number of benzene rings is 1. The monoisotopic (exact) mass is 356 g/mol. The van der Waals surface area contributed by atoms with E-state index in [1.165, 1.54) is 19.2 Å². The van der Waals surface area contributed by atoms with Crippen molar-refractivity contribution < 1.29 is 22.7 Å². The zero-order valence-electron chi connectivity index (χ0n) is 14.4. The number of nitrogens with zero attached hydrogens (tertiary/aromatic N) is 1. The predicted molar refractivity (Wildman–Crippen MR) is 89.4 cm³/mol. The van der Waals surface area contributed by atoms with E-state index in [9.17, 15) is 13.2 Å². The van der Waals surface area contributed by atoms with E-state index >= 15 is 0 Å². The molecular formula is C16H24N2O5S. The second-order valence-corrected chi connectivity index (χ2v) is 7.73. The molecule has 1 saturated heterocycles. The third-order valence-corrected chi connectivity index (χ3v) is 5.36. The van der Waals surface area contributed by atoms with Crippen molar-refractivity contribution in [3.8, 4) is 5.75 Å². The van der Waals surface area contributed by atoms with Gasteiger partial charge in [0.05, 0.1) is 30.3 Å². The molecule has 1 aromatic carbocycles. The van der Waals surface area contributed by atoms with Gasteiger partial charge < -0.3 is 14.4 Å². The van der Waals surface area contributed by atoms with Gasteiger partial charge in [-0.2, -0.15) is 4.72 Å². The highest BCUT2D eigenvalue weighted by atomic mass is 32.2. The number of hydrogen-bond donors (Lipinski definition) is 1. The smallest absolute Gasteiger partial charge is 0.241 e. The van der Waals surface area contributed by atoms with Crippen LogP contribution in [-0.2, 0) is 19.6 Å². The van der Waals surface area contributed by atoms with Crippen molar-refractivity contribution in [1.29, 1.82) is 0 Å². The van der Waals surface area contributed by atoms with Gasteiger partial charge in [-0.3, -0.25) is 4.79 Å². The molecule has 0 aromatic heterocycles. The highest BCUT2D eigenvalue weighted by Gasteiger charge is 2.30. The van der Waals surface area contributed by atoms with Crippen LogP contribution in [0.4, 0.5) is 0 Å². The molecule has 1 aromatic rings. The molecule has 0 saturated carbocycles. The Morgan fingerprint density at radius 1 is 1.25 bits per heavy atom. The van der Waals surface area contributed by atoms with Gasteiger partial charge in [-0.25, -0.2) is 8.42 Å². The molecule has 1 heterocycles. The molecule has 3 atom stereocenters. The zero-order chi connectivity index (χ0) is 17.9. The minimum absolute atomic E-state index is 0.0666. The molecule has 0 aliphatic carbocycles. The number of amides is 1. The van der Waals surface area contributed by atoms with Crippen molar-refractivity contribution in [3.05, 3.63) is 24.3 Å². The Morgan fingerprint density at radius 3 is 2.29 bits per heavy atom. The number of hydrogen-bond acceptors (Lipinski definition) is 5. The normalized spacial score (nSPS) is 22.9. The number of morpholine rings is 1. The van der Waals surface area contributed by atoms with Gasteiger partial charge in [-0.05, 0) is 45.0 Å². The van der Waals surface area contributed by atoms with E-state index in [1.54, 1.807) is 24.0 Å². The molecule has 1 amide bonds. The first-order chi connectivity index (χ1) is 11.2. The maximum atomic E-state index is 12.5. The first-order valence-corrected chi connectivity index (χ1v) is 9.32. The molecule has 0 spiro atoms. The summed E-state index contributed by atoms with van der Waals surface area (Å²) < 4.78 is 37.9. The van der Waals surface area contributed by atoms with Crippen LogP contribution < -0.4 is 9.46 Å². The van der Waals surface area contributed by atoms with Crippen LogP contribution in [0.25, 0.3) is 0 Å². The zero-order valence-corrected chi connectivity index (χ0v) is 15.2. The highest BCUT2D eigenvalue weighted by molar-refractivity contribution is 7.89. The van der Waals surface area contributed by atoms with Crippen LogP contribution in [0.15, 0.2) is 29.2 Å². The van der Waals surface area contributed by atoms with Crippen LogP contribution >= 0.6 is 0 Å². The summed E-state index contributed by atoms with van der Waals surface area (Å²) in [7, 11) is -2.27. The molecule has 0 bridgehead atoms. The van der Waals surface area contributed by atoms with Crippen LogP contribution in [0.5, 0.6) is 5.75 Å². The minimum atomic E-state index is -3.78. The molecule has 8 heteroatoms. The summed E-state index contributed by atoms with van der Waals surface area (Å²) in [6.45, 7) is 6.24. The van der Waals surface area contributed by atoms with E-state index in [2.05, 4.69) is 4.72 Å². The molecule has 1 aliphatic heterocycles. The van der Waals surface area contributed by atoms with Crippen molar-refractivity contribution in [3.63, 3.8) is 0 Å². The maximum Gasteiger partial charge on any atom is 0.241 e. The Labute approximate surface area is 143 Å². The molecule has 2 unspecified atom stereocenters. The molecular weight excluding hydrogens is 332 g/mol. The second kappa shape index (κ2) is 7.50. The van der Waals surface area contributed by atoms with Gasteiger partial charge in [0, 0.05) is 13.1 Å². The highest BCUT2D eigenvalue weighted by Crippen LogP contribution is 2.17. The van der Waals surface area contributed by atoms with Gasteiger partial charge >= 0.3 is 0 Å². The van der Waals surface area contributed by atoms with Crippen molar-refractivity contribution >= 4 is 15.9 Å². The Bertz CT molecular complexity index is 664. The van der Waals surface area contributed by atoms with Crippen LogP contribution in [0.1, 0.15) is 20.8 Å². The number of nitrogens with one attached hydrogen (secondary N) is 1. The van der Waals surface area contributed by atoms with Crippen molar-refractivity contribution in [1.82, 2.24) is 9.62 Å². The lowest BCUT2D eigenvalue weighted by molar-refractivity contribution is -0.144. The van der Waals surface area contributed by atoms with E-state index in [0.717, 1.165) is 0 Å². The third kappa shape index (κ3) is 4.46. The van der Waals surface area contributed by atoms with Gasteiger partial charge in [0.25, 0.3) is 0 Å². The summed E-state index contributed by atoms with van der Waals surface area (Å²) in [5, 5.41) is 0. The summed E-state index contributed by atoms with van der Waals surface area (Å²) in [6, 6.07) is 5.15. The first kappa shape index (κ1) is 18.7. The molecule has 7 nitrogen and oxygen atoms in total. The second-order valence-electron chi connectivity index (χ2n) is 6.02. The Balaban J connectivity index is 2.06. The van der Waals surface area contributed by atoms with Gasteiger partial charge in [0.15, 0.2) is 0 Å². The SMILES string of the molecule is COc1ccc(S(=O)(=O)N[C@@H](C)C(=O)N2CC(C)OC(C)C2)cc1. The number of methoxy groups -OCH3 is 1. The lowest BCUT2D eigenvalue weighted by Gasteiger charge is -2.36. The number of sulfonamides is 1. The Hall–Kier alpha value is -1.64. The topological polar surface area (TPSA) is 84.9 Å². The molecule has 1 aliphatic rings. The van der Waals surface area contributed by atoms with E-state index in [0.29, 0.717) is 18.8 Å². The van der Waals surface area contributed by atoms with Crippen LogP contribution in [0.3, 0.4) is 0 Å². The maximum absolute atomic E-state index is 12.5. The molecule has 134 valence electrons. The standard InChI is InChI=1S/C16H24N2O5S/c1-11-9-18(10-12(2)23-11)16(19)13(3)17-24(20,21)15-7-5-14(22-4)6-8-15/h5-8,11-13,17H,9-10H2,1-4H3/t11?,12?,13-/m0/s1. The predicted octanol–water partition coefficient (Wildman–Crippen LogP) is 0.998. The van der Waals surface area contributed by atoms with E-state index in [1.807, 2.05) is 13.8 Å². The number of rotatable bonds is 5. The van der Waals surface area contributed by atoms with Crippen LogP contribution in [0.2, 0.25) is 0 Å². The summed E-state index contributed by atoms with van der Waals surface area (Å²) in [4.78, 5) is 14.3. The van der Waals surface area contributed by atoms with Crippen molar-refractivity contribution in [2.75, 3.05) is 20.2 Å². The molecule has 1 fully saturated rings. The molecule has 0 radical (unpaired) electrons. The number of carbonyl (C=O) groups excluding carboxylic acids is 1. The quantitative estimate of drug-likeness (QED) is 0.851. The van der Waals surface area contributed by atoms with Gasteiger partial charge in [0.2, 0.25) is 15.9 Å². The summed E-state index contributed by atoms with van der Waals surface area (Å²) in [5.74, 6) is 0.309. The van der Waals surface area contributed by atoms with Crippen LogP contribution in [0, 0.1) is 0 Å². The van der Waals surface area contributed by atoms with Crippen molar-refractivity contribution in [2.24, 2.45) is 0 Å². The number of ether oxygens (including phenoxy) is 2. The van der Waals surface area contributed by atoms with Gasteiger partial charge in [-0.15, -0.1) is 0 Å². The fourth-order valence-corrected chi connectivity index (χ4v) is 3.93. The Kier molecular flexibility index (Phi) is 5.84. The van der Waals surface area contributed by atoms with Gasteiger partial charge in [0.1, 0.15) is 5.75 Å². The number of carbonyl (C=O) groups is 1. The molecule has 1 N–H and O–H groups in total. The Morgan fingerprint density at radius 2 is 1.79 bits per heavy atom. The fourth-order valence-electron chi connectivity index (χ4n) is 2.74. The van der Waals surface area contributed by atoms with Crippen molar-refractivity contribution in [2.45, 2.75) is 43.9 Å². The molecule has 2 rings (SSSR count). The van der Waals surface area contributed by atoms with E-state index in [4.69, 9.17) is 9.47 Å². The lowest BCUT2D eigenvalue weighted by Crippen LogP contribution is -2.54. The summed E-state index contributed by atoms with van der Waals surface area (Å²) in [6.07, 6.45) is -0.133. The molecule has 24 heavy (non-hydrogen) atoms. The fraction of sp³-hybridized carbons (Fsp3) is 0.562. The summed E-state index contributed by atoms with van der Waals surface area (Å²) >= 11 is 0. The average molecular weight is 356 g/mol. The first-order valence-electron chi connectivity index (χ1n) is 7.83. The third-order valence-electron chi connectivity index (χ3n) is 3.80. The van der Waals surface area contributed by atoms with Crippen LogP contribution in [-0.4, -0.2) is 57.7 Å². The lowest BCUT2D eigenvalue weighted by atomic mass is 10.2. The summed E-state index contributed by atoms with van der Waals surface area (Å²) in [5.41, 5.74) is 0. The van der Waals surface area contributed by atoms with E-state index < -0.39 is 16.1 Å². The average Bonchev–Trinajstić information content (AvgIpc) is 2.52. The van der Waals surface area contributed by atoms with E-state index in [-0.39, 0.29) is 23.0 Å². The van der Waals surface area contributed by atoms with Gasteiger partial charge in [-0.1, -0.05) is 0 Å². The minimum Gasteiger partial charge on any atom is -0.497 e.